The van der Waals surface area contributed by atoms with Crippen molar-refractivity contribution in [1.29, 1.82) is 5.26 Å². The number of hydrogen-bond donors (Lipinski definition) is 0. The van der Waals surface area contributed by atoms with Gasteiger partial charge in [0.2, 0.25) is 0 Å². The topological polar surface area (TPSA) is 98.3 Å². The summed E-state index contributed by atoms with van der Waals surface area (Å²) in [7, 11) is 0. The summed E-state index contributed by atoms with van der Waals surface area (Å²) in [4.78, 5) is 14.6. The maximum atomic E-state index is 11.1. The van der Waals surface area contributed by atoms with Crippen molar-refractivity contribution < 1.29 is 14.4 Å². The molecule has 0 unspecified atom stereocenters. The van der Waals surface area contributed by atoms with Crippen molar-refractivity contribution in [3.8, 4) is 29.2 Å². The maximum Gasteiger partial charge on any atom is 0.331 e. The molecule has 7 heteroatoms. The number of hydrogen-bond acceptors (Lipinski definition) is 6. The monoisotopic (exact) mass is 347 g/mol. The number of benzene rings is 2. The fourth-order valence-electron chi connectivity index (χ4n) is 2.17. The fourth-order valence-corrected chi connectivity index (χ4v) is 2.17. The van der Waals surface area contributed by atoms with Gasteiger partial charge in [-0.25, -0.2) is 4.98 Å². The minimum absolute atomic E-state index is 0.0682. The van der Waals surface area contributed by atoms with Crippen LogP contribution in [-0.4, -0.2) is 9.91 Å². The van der Waals surface area contributed by atoms with Crippen molar-refractivity contribution in [2.24, 2.45) is 0 Å². The number of ether oxygens (including phenoxy) is 2. The molecule has 0 atom stereocenters. The Morgan fingerprint density at radius 2 is 1.54 bits per heavy atom. The van der Waals surface area contributed by atoms with E-state index in [0.29, 0.717) is 28.4 Å². The van der Waals surface area contributed by atoms with E-state index in [0.717, 1.165) is 0 Å². The van der Waals surface area contributed by atoms with Crippen LogP contribution in [-0.2, 0) is 0 Å². The highest BCUT2D eigenvalue weighted by Crippen LogP contribution is 2.31. The third-order valence-corrected chi connectivity index (χ3v) is 3.42. The van der Waals surface area contributed by atoms with Crippen LogP contribution in [0.5, 0.6) is 23.1 Å². The van der Waals surface area contributed by atoms with Gasteiger partial charge < -0.3 is 9.47 Å². The van der Waals surface area contributed by atoms with Crippen LogP contribution < -0.4 is 9.47 Å². The molecule has 2 aromatic carbocycles. The van der Waals surface area contributed by atoms with Crippen molar-refractivity contribution in [2.45, 2.75) is 6.92 Å². The highest BCUT2D eigenvalue weighted by Gasteiger charge is 2.17. The number of aryl methyl sites for hydroxylation is 1. The minimum atomic E-state index is -0.530. The Morgan fingerprint density at radius 1 is 1.00 bits per heavy atom. The lowest BCUT2D eigenvalue weighted by Crippen LogP contribution is -1.96. The average molecular weight is 347 g/mol. The minimum Gasteiger partial charge on any atom is -0.457 e. The summed E-state index contributed by atoms with van der Waals surface area (Å²) in [5, 5.41) is 19.9. The van der Waals surface area contributed by atoms with Crippen molar-refractivity contribution in [1.82, 2.24) is 4.98 Å². The molecule has 3 rings (SSSR count). The van der Waals surface area contributed by atoms with E-state index in [9.17, 15) is 10.1 Å². The lowest BCUT2D eigenvalue weighted by atomic mass is 10.2. The molecule has 26 heavy (non-hydrogen) atoms. The molecule has 0 spiro atoms. The maximum absolute atomic E-state index is 11.1. The predicted molar refractivity (Wildman–Crippen MR) is 93.4 cm³/mol. The lowest BCUT2D eigenvalue weighted by molar-refractivity contribution is -0.386. The normalized spacial score (nSPS) is 10.0. The molecule has 1 heterocycles. The van der Waals surface area contributed by atoms with Crippen molar-refractivity contribution in [3.05, 3.63) is 82.0 Å². The van der Waals surface area contributed by atoms with Crippen molar-refractivity contribution in [3.63, 3.8) is 0 Å². The van der Waals surface area contributed by atoms with Crippen LogP contribution in [0, 0.1) is 28.4 Å². The molecular formula is C19H13N3O4. The quantitative estimate of drug-likeness (QED) is 0.488. The molecule has 0 fully saturated rings. The molecule has 7 nitrogen and oxygen atoms in total. The number of nitriles is 1. The first kappa shape index (κ1) is 16.9. The van der Waals surface area contributed by atoms with Gasteiger partial charge in [0.25, 0.3) is 5.88 Å². The van der Waals surface area contributed by atoms with Gasteiger partial charge in [-0.05, 0) is 61.0 Å². The second kappa shape index (κ2) is 7.32. The van der Waals surface area contributed by atoms with Crippen LogP contribution in [0.4, 0.5) is 5.69 Å². The predicted octanol–water partition coefficient (Wildman–Crippen LogP) is 4.75. The highest BCUT2D eigenvalue weighted by molar-refractivity contribution is 5.46. The molecule has 0 radical (unpaired) electrons. The summed E-state index contributed by atoms with van der Waals surface area (Å²) >= 11 is 0. The van der Waals surface area contributed by atoms with Crippen LogP contribution in [0.1, 0.15) is 11.1 Å². The zero-order valence-electron chi connectivity index (χ0n) is 13.7. The van der Waals surface area contributed by atoms with Gasteiger partial charge in [0.1, 0.15) is 17.2 Å². The first-order valence-corrected chi connectivity index (χ1v) is 7.62. The Kier molecular flexibility index (Phi) is 4.76. The average Bonchev–Trinajstić information content (AvgIpc) is 2.65. The van der Waals surface area contributed by atoms with Crippen LogP contribution in [0.2, 0.25) is 0 Å². The Morgan fingerprint density at radius 3 is 2.08 bits per heavy atom. The summed E-state index contributed by atoms with van der Waals surface area (Å²) < 4.78 is 11.2. The van der Waals surface area contributed by atoms with E-state index in [1.165, 1.54) is 12.3 Å². The Labute approximate surface area is 149 Å². The third-order valence-electron chi connectivity index (χ3n) is 3.42. The zero-order valence-corrected chi connectivity index (χ0v) is 13.7. The van der Waals surface area contributed by atoms with Gasteiger partial charge in [-0.1, -0.05) is 0 Å². The van der Waals surface area contributed by atoms with E-state index >= 15 is 0 Å². The van der Waals surface area contributed by atoms with E-state index in [1.54, 1.807) is 55.5 Å². The SMILES string of the molecule is Cc1cnc(Oc2ccc(Oc3ccc(C#N)cc3)cc2)c([N+](=O)[O-])c1. The number of nitrogens with zero attached hydrogens (tertiary/aromatic N) is 3. The largest absolute Gasteiger partial charge is 0.457 e. The van der Waals surface area contributed by atoms with E-state index in [-0.39, 0.29) is 11.6 Å². The molecular weight excluding hydrogens is 334 g/mol. The molecule has 0 bridgehead atoms. The summed E-state index contributed by atoms with van der Waals surface area (Å²) in [6, 6.07) is 16.8. The molecule has 0 aliphatic heterocycles. The standard InChI is InChI=1S/C19H13N3O4/c1-13-10-18(22(23)24)19(21-12-13)26-17-8-6-16(7-9-17)25-15-4-2-14(11-20)3-5-15/h2-10,12H,1H3. The second-order valence-electron chi connectivity index (χ2n) is 5.41. The van der Waals surface area contributed by atoms with E-state index in [4.69, 9.17) is 14.7 Å². The van der Waals surface area contributed by atoms with Crippen LogP contribution in [0.15, 0.2) is 60.8 Å². The molecule has 0 saturated heterocycles. The molecule has 0 N–H and O–H groups in total. The van der Waals surface area contributed by atoms with Gasteiger partial charge in [-0.2, -0.15) is 5.26 Å². The number of pyridine rings is 1. The van der Waals surface area contributed by atoms with Gasteiger partial charge in [0.05, 0.1) is 16.6 Å². The second-order valence-corrected chi connectivity index (χ2v) is 5.41. The molecule has 0 saturated carbocycles. The highest BCUT2D eigenvalue weighted by atomic mass is 16.6. The first-order chi connectivity index (χ1) is 12.5. The summed E-state index contributed by atoms with van der Waals surface area (Å²) in [6.45, 7) is 1.72. The van der Waals surface area contributed by atoms with Crippen molar-refractivity contribution >= 4 is 5.69 Å². The number of nitro groups is 1. The van der Waals surface area contributed by atoms with Gasteiger partial charge in [0.15, 0.2) is 0 Å². The molecule has 0 aliphatic carbocycles. The van der Waals surface area contributed by atoms with E-state index < -0.39 is 4.92 Å². The third kappa shape index (κ3) is 3.94. The Bertz CT molecular complexity index is 977. The lowest BCUT2D eigenvalue weighted by Gasteiger charge is -2.08. The van der Waals surface area contributed by atoms with Crippen LogP contribution >= 0.6 is 0 Å². The Balaban J connectivity index is 1.74. The molecule has 0 amide bonds. The summed E-state index contributed by atoms with van der Waals surface area (Å²) in [6.07, 6.45) is 1.50. The van der Waals surface area contributed by atoms with Crippen LogP contribution in [0.25, 0.3) is 0 Å². The van der Waals surface area contributed by atoms with Crippen molar-refractivity contribution in [2.75, 3.05) is 0 Å². The van der Waals surface area contributed by atoms with Gasteiger partial charge in [-0.15, -0.1) is 0 Å². The van der Waals surface area contributed by atoms with Gasteiger partial charge in [0, 0.05) is 12.3 Å². The molecule has 0 aliphatic rings. The molecule has 128 valence electrons. The van der Waals surface area contributed by atoms with Gasteiger partial charge >= 0.3 is 5.69 Å². The smallest absolute Gasteiger partial charge is 0.331 e. The first-order valence-electron chi connectivity index (χ1n) is 7.62. The van der Waals surface area contributed by atoms with E-state index in [2.05, 4.69) is 4.98 Å². The summed E-state index contributed by atoms with van der Waals surface area (Å²) in [5.74, 6) is 1.49. The Hall–Kier alpha value is -3.92. The summed E-state index contributed by atoms with van der Waals surface area (Å²) in [5.41, 5.74) is 1.03. The fraction of sp³-hybridized carbons (Fsp3) is 0.0526. The zero-order chi connectivity index (χ0) is 18.5. The van der Waals surface area contributed by atoms with E-state index in [1.807, 2.05) is 6.07 Å². The number of aromatic nitrogens is 1. The van der Waals surface area contributed by atoms with Gasteiger partial charge in [-0.3, -0.25) is 10.1 Å². The molecule has 3 aromatic rings. The number of rotatable bonds is 5. The molecule has 1 aromatic heterocycles. The van der Waals surface area contributed by atoms with Crippen LogP contribution in [0.3, 0.4) is 0 Å².